The zero-order valence-electron chi connectivity index (χ0n) is 11.5. The lowest BCUT2D eigenvalue weighted by molar-refractivity contribution is 0.0701. The molecule has 2 aromatic rings. The quantitative estimate of drug-likeness (QED) is 0.907. The largest absolute Gasteiger partial charge is 0.477 e. The molecule has 0 atom stereocenters. The lowest BCUT2D eigenvalue weighted by atomic mass is 10.1. The monoisotopic (exact) mass is 323 g/mol. The van der Waals surface area contributed by atoms with Crippen LogP contribution in [0, 0.1) is 0 Å². The average Bonchev–Trinajstić information content (AvgIpc) is 2.86. The average molecular weight is 323 g/mol. The van der Waals surface area contributed by atoms with Crippen molar-refractivity contribution in [2.24, 2.45) is 0 Å². The highest BCUT2D eigenvalue weighted by Gasteiger charge is 2.21. The third-order valence-electron chi connectivity index (χ3n) is 3.85. The van der Waals surface area contributed by atoms with E-state index in [-0.39, 0.29) is 0 Å². The highest BCUT2D eigenvalue weighted by molar-refractivity contribution is 7.85. The number of benzene rings is 1. The van der Waals surface area contributed by atoms with Gasteiger partial charge in [0, 0.05) is 39.6 Å². The number of fused-ring (bicyclic) bond motifs is 1. The van der Waals surface area contributed by atoms with E-state index in [9.17, 15) is 14.1 Å². The van der Waals surface area contributed by atoms with Gasteiger partial charge in [-0.1, -0.05) is 18.2 Å². The first-order valence-corrected chi connectivity index (χ1v) is 9.27. The van der Waals surface area contributed by atoms with E-state index in [2.05, 4.69) is 5.32 Å². The Bertz CT molecular complexity index is 685. The van der Waals surface area contributed by atoms with Crippen molar-refractivity contribution in [3.63, 3.8) is 0 Å². The van der Waals surface area contributed by atoms with E-state index in [1.165, 1.54) is 11.3 Å². The maximum absolute atomic E-state index is 11.4. The minimum absolute atomic E-state index is 0.336. The topological polar surface area (TPSA) is 66.4 Å². The summed E-state index contributed by atoms with van der Waals surface area (Å²) < 4.78 is 12.4. The molecule has 4 nitrogen and oxygen atoms in total. The highest BCUT2D eigenvalue weighted by Crippen LogP contribution is 2.31. The fourth-order valence-corrected chi connectivity index (χ4v) is 5.05. The first kappa shape index (κ1) is 14.7. The third-order valence-corrected chi connectivity index (χ3v) is 6.43. The Labute approximate surface area is 129 Å². The van der Waals surface area contributed by atoms with Gasteiger partial charge in [0.2, 0.25) is 0 Å². The molecule has 0 bridgehead atoms. The Balaban J connectivity index is 1.80. The third kappa shape index (κ3) is 3.17. The van der Waals surface area contributed by atoms with Crippen molar-refractivity contribution in [2.75, 3.05) is 11.5 Å². The van der Waals surface area contributed by atoms with Crippen molar-refractivity contribution in [1.29, 1.82) is 0 Å². The molecule has 3 rings (SSSR count). The van der Waals surface area contributed by atoms with Gasteiger partial charge >= 0.3 is 5.97 Å². The zero-order chi connectivity index (χ0) is 14.8. The van der Waals surface area contributed by atoms with Gasteiger partial charge in [0.25, 0.3) is 0 Å². The molecule has 2 N–H and O–H groups in total. The molecule has 112 valence electrons. The molecule has 1 aromatic heterocycles. The molecule has 0 aliphatic carbocycles. The minimum atomic E-state index is -0.863. The van der Waals surface area contributed by atoms with E-state index in [4.69, 9.17) is 0 Å². The van der Waals surface area contributed by atoms with Gasteiger partial charge in [-0.25, -0.2) is 4.79 Å². The molecule has 1 saturated heterocycles. The van der Waals surface area contributed by atoms with Gasteiger partial charge < -0.3 is 10.4 Å². The van der Waals surface area contributed by atoms with Crippen molar-refractivity contribution in [2.45, 2.75) is 25.4 Å². The normalized spacial score (nSPS) is 22.5. The second kappa shape index (κ2) is 6.25. The predicted molar refractivity (Wildman–Crippen MR) is 86.5 cm³/mol. The summed E-state index contributed by atoms with van der Waals surface area (Å²) in [4.78, 5) is 11.8. The molecule has 2 heterocycles. The van der Waals surface area contributed by atoms with Crippen LogP contribution in [0.3, 0.4) is 0 Å². The predicted octanol–water partition coefficient (Wildman–Crippen LogP) is 2.60. The lowest BCUT2D eigenvalue weighted by Crippen LogP contribution is -2.35. The summed E-state index contributed by atoms with van der Waals surface area (Å²) in [6.07, 6.45) is 1.80. The van der Waals surface area contributed by atoms with Gasteiger partial charge in [-0.3, -0.25) is 4.21 Å². The van der Waals surface area contributed by atoms with Gasteiger partial charge in [-0.2, -0.15) is 0 Å². The first-order chi connectivity index (χ1) is 10.1. The molecule has 1 aromatic carbocycles. The summed E-state index contributed by atoms with van der Waals surface area (Å²) in [7, 11) is -0.667. The number of nitrogens with one attached hydrogen (secondary N) is 1. The lowest BCUT2D eigenvalue weighted by Gasteiger charge is -2.22. The minimum Gasteiger partial charge on any atom is -0.477 e. The van der Waals surface area contributed by atoms with Crippen LogP contribution in [-0.4, -0.2) is 32.8 Å². The molecule has 6 heteroatoms. The molecule has 1 fully saturated rings. The summed E-state index contributed by atoms with van der Waals surface area (Å²) in [5.74, 6) is 0.625. The number of thiophene rings is 1. The van der Waals surface area contributed by atoms with Crippen molar-refractivity contribution in [3.8, 4) is 0 Å². The summed E-state index contributed by atoms with van der Waals surface area (Å²) in [5, 5.41) is 13.8. The fourth-order valence-electron chi connectivity index (χ4n) is 2.69. The molecule has 0 radical (unpaired) electrons. The van der Waals surface area contributed by atoms with Gasteiger partial charge in [-0.05, 0) is 29.9 Å². The Morgan fingerprint density at radius 1 is 1.33 bits per heavy atom. The van der Waals surface area contributed by atoms with Crippen LogP contribution in [0.15, 0.2) is 24.3 Å². The Morgan fingerprint density at radius 2 is 2.05 bits per heavy atom. The first-order valence-electron chi connectivity index (χ1n) is 6.97. The van der Waals surface area contributed by atoms with Gasteiger partial charge in [0.15, 0.2) is 0 Å². The molecule has 0 spiro atoms. The summed E-state index contributed by atoms with van der Waals surface area (Å²) in [5.41, 5.74) is 0.870. The number of carboxylic acid groups (broad SMARTS) is 1. The molecule has 1 aliphatic heterocycles. The van der Waals surface area contributed by atoms with Crippen LogP contribution in [0.2, 0.25) is 0 Å². The van der Waals surface area contributed by atoms with E-state index in [0.717, 1.165) is 40.0 Å². The molecule has 0 unspecified atom stereocenters. The summed E-state index contributed by atoms with van der Waals surface area (Å²) >= 11 is 1.33. The molecule has 1 aliphatic rings. The number of aromatic carboxylic acids is 1. The fraction of sp³-hybridized carbons (Fsp3) is 0.400. The number of rotatable bonds is 4. The smallest absolute Gasteiger partial charge is 0.346 e. The van der Waals surface area contributed by atoms with Crippen LogP contribution >= 0.6 is 11.3 Å². The maximum Gasteiger partial charge on any atom is 0.346 e. The molecule has 21 heavy (non-hydrogen) atoms. The van der Waals surface area contributed by atoms with Crippen LogP contribution in [0.25, 0.3) is 10.1 Å². The standard InChI is InChI=1S/C15H17NO3S2/c17-15(18)14-12(11-3-1-2-4-13(11)20-14)9-16-10-5-7-21(19)8-6-10/h1-4,10,16H,5-9H2,(H,17,18). The van der Waals surface area contributed by atoms with Crippen molar-refractivity contribution >= 4 is 38.2 Å². The Hall–Kier alpha value is -1.24. The Kier molecular flexibility index (Phi) is 4.37. The van der Waals surface area contributed by atoms with Crippen molar-refractivity contribution < 1.29 is 14.1 Å². The van der Waals surface area contributed by atoms with E-state index in [0.29, 0.717) is 17.5 Å². The number of hydrogen-bond donors (Lipinski definition) is 2. The van der Waals surface area contributed by atoms with E-state index >= 15 is 0 Å². The van der Waals surface area contributed by atoms with Crippen LogP contribution in [0.1, 0.15) is 28.1 Å². The van der Waals surface area contributed by atoms with Gasteiger partial charge in [-0.15, -0.1) is 11.3 Å². The van der Waals surface area contributed by atoms with Gasteiger partial charge in [0.05, 0.1) is 0 Å². The van der Waals surface area contributed by atoms with Crippen molar-refractivity contribution in [1.82, 2.24) is 5.32 Å². The molecular formula is C15H17NO3S2. The molecule has 0 saturated carbocycles. The Morgan fingerprint density at radius 3 is 2.76 bits per heavy atom. The molecular weight excluding hydrogens is 306 g/mol. The van der Waals surface area contributed by atoms with E-state index in [1.54, 1.807) is 0 Å². The number of carbonyl (C=O) groups is 1. The van der Waals surface area contributed by atoms with Crippen LogP contribution < -0.4 is 5.32 Å². The second-order valence-electron chi connectivity index (χ2n) is 5.21. The highest BCUT2D eigenvalue weighted by atomic mass is 32.2. The SMILES string of the molecule is O=C(O)c1sc2ccccc2c1CNC1CCS(=O)CC1. The maximum atomic E-state index is 11.4. The number of hydrogen-bond acceptors (Lipinski definition) is 4. The van der Waals surface area contributed by atoms with Crippen molar-refractivity contribution in [3.05, 3.63) is 34.7 Å². The molecule has 0 amide bonds. The van der Waals surface area contributed by atoms with Crippen LogP contribution in [0.5, 0.6) is 0 Å². The zero-order valence-corrected chi connectivity index (χ0v) is 13.1. The number of carboxylic acids is 1. The van der Waals surface area contributed by atoms with Crippen LogP contribution in [0.4, 0.5) is 0 Å². The second-order valence-corrected chi connectivity index (χ2v) is 7.96. The van der Waals surface area contributed by atoms with E-state index < -0.39 is 16.8 Å². The van der Waals surface area contributed by atoms with Gasteiger partial charge in [0.1, 0.15) is 4.88 Å². The van der Waals surface area contributed by atoms with Crippen LogP contribution in [-0.2, 0) is 17.3 Å². The summed E-state index contributed by atoms with van der Waals surface area (Å²) in [6.45, 7) is 0.558. The summed E-state index contributed by atoms with van der Waals surface area (Å²) in [6, 6.07) is 8.14. The van der Waals surface area contributed by atoms with E-state index in [1.807, 2.05) is 24.3 Å².